The second-order valence-corrected chi connectivity index (χ2v) is 7.59. The number of methoxy groups -OCH3 is 1. The molecule has 176 valence electrons. The van der Waals surface area contributed by atoms with Crippen LogP contribution in [0, 0.1) is 6.92 Å². The fraction of sp³-hybridized carbons (Fsp3) is 0.125. The van der Waals surface area contributed by atoms with E-state index in [9.17, 15) is 9.59 Å². The lowest BCUT2D eigenvalue weighted by Crippen LogP contribution is -2.23. The van der Waals surface area contributed by atoms with Gasteiger partial charge in [0.15, 0.2) is 23.8 Å². The molecule has 3 aromatic heterocycles. The van der Waals surface area contributed by atoms with Crippen LogP contribution in [0.5, 0.6) is 11.5 Å². The molecule has 5 rings (SSSR count). The average molecular weight is 471 g/mol. The van der Waals surface area contributed by atoms with Gasteiger partial charge in [0, 0.05) is 6.07 Å². The Balaban J connectivity index is 1.44. The summed E-state index contributed by atoms with van der Waals surface area (Å²) in [5, 5.41) is 11.8. The molecule has 35 heavy (non-hydrogen) atoms. The van der Waals surface area contributed by atoms with Crippen LogP contribution in [0.3, 0.4) is 0 Å². The zero-order valence-corrected chi connectivity index (χ0v) is 18.9. The molecule has 0 saturated heterocycles. The maximum Gasteiger partial charge on any atom is 0.263 e. The molecule has 1 amide bonds. The van der Waals surface area contributed by atoms with Crippen LogP contribution in [0.1, 0.15) is 5.69 Å². The lowest BCUT2D eigenvalue weighted by Gasteiger charge is -2.11. The molecule has 0 radical (unpaired) electrons. The largest absolute Gasteiger partial charge is 0.493 e. The van der Waals surface area contributed by atoms with Crippen LogP contribution in [0.15, 0.2) is 71.7 Å². The first-order valence-electron chi connectivity index (χ1n) is 10.7. The summed E-state index contributed by atoms with van der Waals surface area (Å²) in [5.41, 5.74) is 1.35. The molecule has 0 bridgehead atoms. The summed E-state index contributed by atoms with van der Waals surface area (Å²) in [7, 11) is 1.53. The summed E-state index contributed by atoms with van der Waals surface area (Å²) >= 11 is 0. The predicted molar refractivity (Wildman–Crippen MR) is 128 cm³/mol. The van der Waals surface area contributed by atoms with Crippen LogP contribution in [-0.2, 0) is 4.79 Å². The highest BCUT2D eigenvalue weighted by Crippen LogP contribution is 2.25. The number of nitrogens with zero attached hydrogens (tertiary/aromatic N) is 5. The summed E-state index contributed by atoms with van der Waals surface area (Å²) < 4.78 is 13.8. The SMILES string of the molecule is COc1ccccc1OCC(=O)Nc1cc(C)nn1-c1nc2c(cnn2-c2ccccc2)c(=O)[nH]1. The molecule has 0 aliphatic rings. The summed E-state index contributed by atoms with van der Waals surface area (Å²) in [6.45, 7) is 1.51. The second kappa shape index (κ2) is 9.14. The molecule has 0 unspecified atom stereocenters. The van der Waals surface area contributed by atoms with Crippen molar-refractivity contribution < 1.29 is 14.3 Å². The topological polar surface area (TPSA) is 129 Å². The number of carbonyl (C=O) groups excluding carboxylic acids is 1. The van der Waals surface area contributed by atoms with Gasteiger partial charge in [-0.3, -0.25) is 14.6 Å². The summed E-state index contributed by atoms with van der Waals surface area (Å²) in [6, 6.07) is 18.1. The number of aromatic nitrogens is 6. The Bertz CT molecular complexity index is 1570. The number of aryl methyl sites for hydroxylation is 1. The molecule has 2 aromatic carbocycles. The standard InChI is InChI=1S/C24H21N7O4/c1-15-12-20(26-21(32)14-35-19-11-7-6-10-18(19)34-2)31(29-15)24-27-22-17(23(33)28-24)13-25-30(22)16-8-4-3-5-9-16/h3-13H,14H2,1-2H3,(H,26,32)(H,27,28,33). The minimum Gasteiger partial charge on any atom is -0.493 e. The van der Waals surface area contributed by atoms with E-state index >= 15 is 0 Å². The summed E-state index contributed by atoms with van der Waals surface area (Å²) in [4.78, 5) is 32.7. The molecule has 0 spiro atoms. The fourth-order valence-corrected chi connectivity index (χ4v) is 3.58. The van der Waals surface area contributed by atoms with E-state index in [0.717, 1.165) is 5.69 Å². The molecule has 11 heteroatoms. The number of amides is 1. The molecule has 0 aliphatic heterocycles. The van der Waals surface area contributed by atoms with E-state index in [2.05, 4.69) is 25.5 Å². The Morgan fingerprint density at radius 3 is 2.57 bits per heavy atom. The zero-order valence-electron chi connectivity index (χ0n) is 18.9. The Hall–Kier alpha value is -4.93. The zero-order chi connectivity index (χ0) is 24.4. The average Bonchev–Trinajstić information content (AvgIpc) is 3.47. The monoisotopic (exact) mass is 471 g/mol. The molecule has 0 atom stereocenters. The van der Waals surface area contributed by atoms with Gasteiger partial charge in [0.05, 0.1) is 24.7 Å². The highest BCUT2D eigenvalue weighted by Gasteiger charge is 2.17. The number of fused-ring (bicyclic) bond motifs is 1. The lowest BCUT2D eigenvalue weighted by molar-refractivity contribution is -0.118. The van der Waals surface area contributed by atoms with Gasteiger partial charge in [-0.05, 0) is 31.2 Å². The van der Waals surface area contributed by atoms with Gasteiger partial charge < -0.3 is 14.8 Å². The number of hydrogen-bond donors (Lipinski definition) is 2. The van der Waals surface area contributed by atoms with Crippen molar-refractivity contribution in [3.05, 3.63) is 82.9 Å². The quantitative estimate of drug-likeness (QED) is 0.373. The first kappa shape index (κ1) is 21.9. The van der Waals surface area contributed by atoms with Crippen molar-refractivity contribution in [2.24, 2.45) is 0 Å². The molecule has 5 aromatic rings. The van der Waals surface area contributed by atoms with E-state index < -0.39 is 5.91 Å². The van der Waals surface area contributed by atoms with Crippen LogP contribution in [0.2, 0.25) is 0 Å². The van der Waals surface area contributed by atoms with Gasteiger partial charge in [0.25, 0.3) is 11.5 Å². The Morgan fingerprint density at radius 1 is 1.06 bits per heavy atom. The number of aromatic amines is 1. The Kier molecular flexibility index (Phi) is 5.71. The van der Waals surface area contributed by atoms with E-state index in [1.165, 1.54) is 18.0 Å². The van der Waals surface area contributed by atoms with Crippen LogP contribution in [-0.4, -0.2) is 49.2 Å². The molecule has 11 nitrogen and oxygen atoms in total. The van der Waals surface area contributed by atoms with Gasteiger partial charge in [-0.1, -0.05) is 30.3 Å². The van der Waals surface area contributed by atoms with E-state index in [-0.39, 0.29) is 18.1 Å². The number of hydrogen-bond acceptors (Lipinski definition) is 7. The number of carbonyl (C=O) groups is 1. The van der Waals surface area contributed by atoms with Crippen molar-refractivity contribution in [2.75, 3.05) is 19.0 Å². The molecular weight excluding hydrogens is 450 g/mol. The Labute approximate surface area is 198 Å². The van der Waals surface area contributed by atoms with Gasteiger partial charge in [-0.15, -0.1) is 0 Å². The van der Waals surface area contributed by atoms with Crippen LogP contribution >= 0.6 is 0 Å². The first-order valence-corrected chi connectivity index (χ1v) is 10.7. The van der Waals surface area contributed by atoms with Gasteiger partial charge >= 0.3 is 0 Å². The van der Waals surface area contributed by atoms with Crippen molar-refractivity contribution in [1.29, 1.82) is 0 Å². The van der Waals surface area contributed by atoms with E-state index in [0.29, 0.717) is 34.0 Å². The maximum absolute atomic E-state index is 12.8. The predicted octanol–water partition coefficient (Wildman–Crippen LogP) is 2.63. The molecule has 2 N–H and O–H groups in total. The van der Waals surface area contributed by atoms with Crippen LogP contribution in [0.25, 0.3) is 22.7 Å². The molecule has 0 saturated carbocycles. The van der Waals surface area contributed by atoms with E-state index in [1.54, 1.807) is 41.9 Å². The number of anilines is 1. The van der Waals surface area contributed by atoms with E-state index in [4.69, 9.17) is 9.47 Å². The number of para-hydroxylation sites is 3. The smallest absolute Gasteiger partial charge is 0.263 e. The third kappa shape index (κ3) is 4.34. The Morgan fingerprint density at radius 2 is 1.80 bits per heavy atom. The number of benzene rings is 2. The fourth-order valence-electron chi connectivity index (χ4n) is 3.58. The van der Waals surface area contributed by atoms with Crippen LogP contribution < -0.4 is 20.3 Å². The number of rotatable bonds is 7. The molecule has 0 fully saturated rings. The molecular formula is C24H21N7O4. The highest BCUT2D eigenvalue weighted by atomic mass is 16.5. The first-order chi connectivity index (χ1) is 17.0. The number of ether oxygens (including phenoxy) is 2. The minimum atomic E-state index is -0.421. The summed E-state index contributed by atoms with van der Waals surface area (Å²) in [6.07, 6.45) is 1.46. The third-order valence-electron chi connectivity index (χ3n) is 5.15. The second-order valence-electron chi connectivity index (χ2n) is 7.59. The normalized spacial score (nSPS) is 10.9. The minimum absolute atomic E-state index is 0.134. The third-order valence-corrected chi connectivity index (χ3v) is 5.15. The summed E-state index contributed by atoms with van der Waals surface area (Å²) in [5.74, 6) is 1.00. The molecule has 3 heterocycles. The number of nitrogens with one attached hydrogen (secondary N) is 2. The maximum atomic E-state index is 12.8. The van der Waals surface area contributed by atoms with Gasteiger partial charge in [-0.25, -0.2) is 4.68 Å². The van der Waals surface area contributed by atoms with Gasteiger partial charge in [0.1, 0.15) is 11.2 Å². The van der Waals surface area contributed by atoms with Crippen molar-refractivity contribution in [3.8, 4) is 23.1 Å². The number of H-pyrrole nitrogens is 1. The van der Waals surface area contributed by atoms with Crippen molar-refractivity contribution in [2.45, 2.75) is 6.92 Å². The lowest BCUT2D eigenvalue weighted by atomic mass is 10.3. The van der Waals surface area contributed by atoms with Crippen molar-refractivity contribution in [3.63, 3.8) is 0 Å². The van der Waals surface area contributed by atoms with Gasteiger partial charge in [0.2, 0.25) is 5.95 Å². The molecule has 0 aliphatic carbocycles. The highest BCUT2D eigenvalue weighted by molar-refractivity contribution is 5.91. The van der Waals surface area contributed by atoms with Gasteiger partial charge in [-0.2, -0.15) is 19.9 Å². The van der Waals surface area contributed by atoms with Crippen LogP contribution in [0.4, 0.5) is 5.82 Å². The van der Waals surface area contributed by atoms with E-state index in [1.807, 2.05) is 30.3 Å². The van der Waals surface area contributed by atoms with Crippen molar-refractivity contribution >= 4 is 22.8 Å². The van der Waals surface area contributed by atoms with Crippen molar-refractivity contribution in [1.82, 2.24) is 29.5 Å².